The first kappa shape index (κ1) is 20.8. The Kier molecular flexibility index (Phi) is 5.89. The Labute approximate surface area is 183 Å². The van der Waals surface area contributed by atoms with Crippen molar-refractivity contribution in [3.8, 4) is 11.8 Å². The van der Waals surface area contributed by atoms with Crippen molar-refractivity contribution in [2.45, 2.75) is 10.6 Å². The second-order valence-electron chi connectivity index (χ2n) is 6.97. The summed E-state index contributed by atoms with van der Waals surface area (Å²) >= 11 is 1.05. The molecule has 0 amide bonds. The van der Waals surface area contributed by atoms with Crippen LogP contribution >= 0.6 is 11.3 Å². The van der Waals surface area contributed by atoms with E-state index >= 15 is 0 Å². The van der Waals surface area contributed by atoms with Crippen molar-refractivity contribution in [3.05, 3.63) is 83.0 Å². The maximum absolute atomic E-state index is 12.9. The molecule has 3 aromatic heterocycles. The zero-order valence-corrected chi connectivity index (χ0v) is 17.9. The molecule has 3 heterocycles. The highest BCUT2D eigenvalue weighted by Gasteiger charge is 2.28. The molecular formula is C23H18N2O4S2. The molecule has 0 unspecified atom stereocenters. The van der Waals surface area contributed by atoms with Crippen molar-refractivity contribution < 1.29 is 18.3 Å². The van der Waals surface area contributed by atoms with Crippen LogP contribution in [-0.2, 0) is 21.1 Å². The van der Waals surface area contributed by atoms with E-state index in [0.717, 1.165) is 27.8 Å². The van der Waals surface area contributed by atoms with Crippen LogP contribution in [0.1, 0.15) is 16.0 Å². The quantitative estimate of drug-likeness (QED) is 0.436. The van der Waals surface area contributed by atoms with Gasteiger partial charge in [-0.1, -0.05) is 30.0 Å². The zero-order valence-electron chi connectivity index (χ0n) is 16.3. The summed E-state index contributed by atoms with van der Waals surface area (Å²) in [5, 5.41) is 10.5. The molecule has 8 heteroatoms. The molecule has 0 saturated heterocycles. The third kappa shape index (κ3) is 4.85. The van der Waals surface area contributed by atoms with Crippen LogP contribution in [0.4, 0.5) is 0 Å². The zero-order chi connectivity index (χ0) is 21.8. The van der Waals surface area contributed by atoms with Crippen LogP contribution in [0.3, 0.4) is 0 Å². The maximum atomic E-state index is 12.9. The van der Waals surface area contributed by atoms with Crippen molar-refractivity contribution in [2.75, 3.05) is 5.75 Å². The molecular weight excluding hydrogens is 432 g/mol. The van der Waals surface area contributed by atoms with Crippen LogP contribution in [0.25, 0.3) is 11.0 Å². The number of aromatic amines is 1. The van der Waals surface area contributed by atoms with Gasteiger partial charge in [-0.05, 0) is 48.4 Å². The lowest BCUT2D eigenvalue weighted by Crippen LogP contribution is -2.25. The number of nitrogens with one attached hydrogen (secondary N) is 1. The lowest BCUT2D eigenvalue weighted by molar-refractivity contribution is -0.140. The number of benzene rings is 1. The van der Waals surface area contributed by atoms with Gasteiger partial charge >= 0.3 is 5.97 Å². The van der Waals surface area contributed by atoms with Crippen molar-refractivity contribution in [1.29, 1.82) is 0 Å². The number of aromatic nitrogens is 2. The first-order valence-electron chi connectivity index (χ1n) is 9.46. The van der Waals surface area contributed by atoms with Crippen molar-refractivity contribution in [3.63, 3.8) is 0 Å². The standard InChI is InChI=1S/C23H18N2O4S2/c26-23(27)18(13-17-14-25-22-20(17)7-4-12-24-22)15-31(28,29)21-11-10-19(30-21)9-8-16-5-2-1-3-6-16/h1-7,10-12,14,18H,13,15H2,(H,24,25)(H,26,27)/t18-/m1/s1. The van der Waals surface area contributed by atoms with E-state index in [0.29, 0.717) is 10.5 Å². The summed E-state index contributed by atoms with van der Waals surface area (Å²) in [6.07, 6.45) is 3.41. The molecule has 0 aliphatic carbocycles. The molecule has 4 rings (SSSR count). The van der Waals surface area contributed by atoms with Gasteiger partial charge in [0, 0.05) is 23.3 Å². The number of carbonyl (C=O) groups is 1. The Bertz CT molecular complexity index is 1390. The summed E-state index contributed by atoms with van der Waals surface area (Å²) in [7, 11) is -3.78. The predicted octanol–water partition coefficient (Wildman–Crippen LogP) is 3.74. The third-order valence-corrected chi connectivity index (χ3v) is 8.16. The summed E-state index contributed by atoms with van der Waals surface area (Å²) < 4.78 is 25.9. The minimum absolute atomic E-state index is 0.0896. The molecule has 1 atom stereocenters. The number of hydrogen-bond donors (Lipinski definition) is 2. The summed E-state index contributed by atoms with van der Waals surface area (Å²) in [5.74, 6) is 3.24. The molecule has 0 aliphatic rings. The average molecular weight is 451 g/mol. The summed E-state index contributed by atoms with van der Waals surface area (Å²) in [6.45, 7) is 0. The second-order valence-corrected chi connectivity index (χ2v) is 10.3. The van der Waals surface area contributed by atoms with Gasteiger partial charge in [-0.25, -0.2) is 13.4 Å². The first-order valence-corrected chi connectivity index (χ1v) is 11.9. The molecule has 0 saturated carbocycles. The highest BCUT2D eigenvalue weighted by Crippen LogP contribution is 2.26. The molecule has 4 aromatic rings. The fourth-order valence-electron chi connectivity index (χ4n) is 3.22. The normalized spacial score (nSPS) is 12.3. The maximum Gasteiger partial charge on any atom is 0.307 e. The number of carboxylic acid groups (broad SMARTS) is 1. The van der Waals surface area contributed by atoms with Gasteiger partial charge in [-0.2, -0.15) is 0 Å². The Balaban J connectivity index is 1.53. The molecule has 156 valence electrons. The van der Waals surface area contributed by atoms with E-state index in [1.54, 1.807) is 24.5 Å². The highest BCUT2D eigenvalue weighted by atomic mass is 32.2. The molecule has 6 nitrogen and oxygen atoms in total. The van der Waals surface area contributed by atoms with Crippen LogP contribution in [0.5, 0.6) is 0 Å². The molecule has 0 spiro atoms. The van der Waals surface area contributed by atoms with Gasteiger partial charge in [0.15, 0.2) is 9.84 Å². The van der Waals surface area contributed by atoms with Crippen LogP contribution in [0.2, 0.25) is 0 Å². The molecule has 0 bridgehead atoms. The highest BCUT2D eigenvalue weighted by molar-refractivity contribution is 7.93. The van der Waals surface area contributed by atoms with Gasteiger partial charge in [-0.15, -0.1) is 11.3 Å². The van der Waals surface area contributed by atoms with E-state index in [-0.39, 0.29) is 10.6 Å². The number of rotatable bonds is 6. The predicted molar refractivity (Wildman–Crippen MR) is 120 cm³/mol. The number of nitrogens with zero attached hydrogens (tertiary/aromatic N) is 1. The van der Waals surface area contributed by atoms with E-state index < -0.39 is 27.5 Å². The second kappa shape index (κ2) is 8.76. The average Bonchev–Trinajstić information content (AvgIpc) is 3.40. The first-order chi connectivity index (χ1) is 14.9. The number of fused-ring (bicyclic) bond motifs is 1. The Morgan fingerprint density at radius 1 is 1.10 bits per heavy atom. The van der Waals surface area contributed by atoms with E-state index in [9.17, 15) is 18.3 Å². The minimum atomic E-state index is -3.78. The molecule has 31 heavy (non-hydrogen) atoms. The Morgan fingerprint density at radius 3 is 2.68 bits per heavy atom. The summed E-state index contributed by atoms with van der Waals surface area (Å²) in [5.41, 5.74) is 2.20. The van der Waals surface area contributed by atoms with Gasteiger partial charge in [0.25, 0.3) is 0 Å². The Hall–Kier alpha value is -3.41. The SMILES string of the molecule is O=C(O)[C@H](Cc1c[nH]c2ncccc12)CS(=O)(=O)c1ccc(C#Cc2ccccc2)s1. The fraction of sp³-hybridized carbons (Fsp3) is 0.130. The minimum Gasteiger partial charge on any atom is -0.481 e. The number of H-pyrrole nitrogens is 1. The van der Waals surface area contributed by atoms with Gasteiger partial charge in [0.05, 0.1) is 16.5 Å². The summed E-state index contributed by atoms with van der Waals surface area (Å²) in [4.78, 5) is 19.6. The van der Waals surface area contributed by atoms with E-state index in [1.807, 2.05) is 36.4 Å². The monoisotopic (exact) mass is 450 g/mol. The molecule has 2 N–H and O–H groups in total. The number of sulfone groups is 1. The molecule has 0 radical (unpaired) electrons. The molecule has 0 fully saturated rings. The molecule has 1 aromatic carbocycles. The van der Waals surface area contributed by atoms with Gasteiger partial charge in [0.1, 0.15) is 9.86 Å². The van der Waals surface area contributed by atoms with Crippen molar-refractivity contribution in [2.24, 2.45) is 5.92 Å². The van der Waals surface area contributed by atoms with E-state index in [4.69, 9.17) is 0 Å². The van der Waals surface area contributed by atoms with Crippen molar-refractivity contribution >= 4 is 38.2 Å². The smallest absolute Gasteiger partial charge is 0.307 e. The topological polar surface area (TPSA) is 100 Å². The van der Waals surface area contributed by atoms with Gasteiger partial charge in [-0.3, -0.25) is 4.79 Å². The van der Waals surface area contributed by atoms with Crippen LogP contribution in [0.15, 0.2) is 71.2 Å². The Morgan fingerprint density at radius 2 is 1.90 bits per heavy atom. The van der Waals surface area contributed by atoms with E-state index in [1.165, 1.54) is 6.07 Å². The number of aliphatic carboxylic acids is 1. The van der Waals surface area contributed by atoms with Gasteiger partial charge < -0.3 is 10.1 Å². The number of hydrogen-bond acceptors (Lipinski definition) is 5. The number of pyridine rings is 1. The fourth-order valence-corrected chi connectivity index (χ4v) is 6.02. The molecule has 0 aliphatic heterocycles. The number of carboxylic acids is 1. The van der Waals surface area contributed by atoms with Gasteiger partial charge in [0.2, 0.25) is 0 Å². The van der Waals surface area contributed by atoms with Crippen LogP contribution in [-0.4, -0.2) is 35.2 Å². The van der Waals surface area contributed by atoms with E-state index in [2.05, 4.69) is 21.8 Å². The third-order valence-electron chi connectivity index (χ3n) is 4.76. The number of thiophene rings is 1. The summed E-state index contributed by atoms with van der Waals surface area (Å²) in [6, 6.07) is 16.1. The van der Waals surface area contributed by atoms with Crippen LogP contribution < -0.4 is 0 Å². The lowest BCUT2D eigenvalue weighted by atomic mass is 10.0. The lowest BCUT2D eigenvalue weighted by Gasteiger charge is -2.11. The largest absolute Gasteiger partial charge is 0.481 e. The van der Waals surface area contributed by atoms with Crippen LogP contribution in [0, 0.1) is 17.8 Å². The van der Waals surface area contributed by atoms with Crippen molar-refractivity contribution in [1.82, 2.24) is 9.97 Å².